The fourth-order valence-corrected chi connectivity index (χ4v) is 2.09. The molecule has 0 aliphatic carbocycles. The zero-order valence-electron chi connectivity index (χ0n) is 10.2. The first kappa shape index (κ1) is 12.9. The van der Waals surface area contributed by atoms with Gasteiger partial charge in [-0.05, 0) is 24.4 Å². The number of fused-ring (bicyclic) bond motifs is 1. The molecule has 1 amide bonds. The van der Waals surface area contributed by atoms with Crippen LogP contribution in [0.5, 0.6) is 0 Å². The number of carbonyl (C=O) groups excluding carboxylic acids is 1. The number of para-hydroxylation sites is 1. The van der Waals surface area contributed by atoms with Crippen molar-refractivity contribution < 1.29 is 4.79 Å². The van der Waals surface area contributed by atoms with Gasteiger partial charge in [-0.25, -0.2) is 0 Å². The van der Waals surface area contributed by atoms with E-state index in [1.54, 1.807) is 0 Å². The van der Waals surface area contributed by atoms with Crippen molar-refractivity contribution >= 4 is 32.7 Å². The van der Waals surface area contributed by atoms with Gasteiger partial charge in [-0.3, -0.25) is 4.79 Å². The van der Waals surface area contributed by atoms with Gasteiger partial charge in [-0.15, -0.1) is 0 Å². The van der Waals surface area contributed by atoms with Gasteiger partial charge in [-0.2, -0.15) is 0 Å². The van der Waals surface area contributed by atoms with Crippen LogP contribution in [0.25, 0.3) is 10.9 Å². The van der Waals surface area contributed by atoms with Crippen LogP contribution in [0.2, 0.25) is 0 Å². The number of hydrogen-bond acceptors (Lipinski definition) is 1. The minimum absolute atomic E-state index is 0.0138. The summed E-state index contributed by atoms with van der Waals surface area (Å²) in [6.07, 6.45) is 0. The molecule has 1 aromatic heterocycles. The summed E-state index contributed by atoms with van der Waals surface area (Å²) >= 11 is 3.22. The van der Waals surface area contributed by atoms with Crippen LogP contribution in [0.15, 0.2) is 41.4 Å². The van der Waals surface area contributed by atoms with Crippen molar-refractivity contribution in [2.75, 3.05) is 6.54 Å². The third-order valence-corrected chi connectivity index (χ3v) is 3.08. The molecule has 0 saturated carbocycles. The molecule has 1 N–H and O–H groups in total. The number of amides is 1. The highest BCUT2D eigenvalue weighted by molar-refractivity contribution is 9.11. The summed E-state index contributed by atoms with van der Waals surface area (Å²) < 4.78 is 2.78. The number of aromatic nitrogens is 1. The lowest BCUT2D eigenvalue weighted by Crippen LogP contribution is -2.28. The molecule has 2 rings (SSSR count). The molecule has 0 bridgehead atoms. The highest BCUT2D eigenvalue weighted by Gasteiger charge is 2.08. The summed E-state index contributed by atoms with van der Waals surface area (Å²) in [6, 6.07) is 10.2. The number of nitrogens with one attached hydrogen (secondary N) is 1. The monoisotopic (exact) mass is 306 g/mol. The number of hydrogen-bond donors (Lipinski definition) is 1. The molecule has 3 nitrogen and oxygen atoms in total. The quantitative estimate of drug-likeness (QED) is 0.926. The molecular weight excluding hydrogens is 292 g/mol. The van der Waals surface area contributed by atoms with Crippen molar-refractivity contribution in [2.24, 2.45) is 0 Å². The molecule has 0 fully saturated rings. The maximum absolute atomic E-state index is 11.8. The lowest BCUT2D eigenvalue weighted by atomic mass is 10.2. The van der Waals surface area contributed by atoms with Gasteiger partial charge in [0.05, 0.1) is 0 Å². The Kier molecular flexibility index (Phi) is 3.87. The number of halogens is 1. The largest absolute Gasteiger partial charge is 0.350 e. The molecule has 2 aromatic rings. The maximum atomic E-state index is 11.8. The standard InChI is InChI=1S/C14H15BrN2O/c1-10(15)8-16-14(18)9-17-11(2)7-12-5-3-4-6-13(12)17/h3-7H,1,8-9H2,2H3,(H,16,18). The molecule has 4 heteroatoms. The van der Waals surface area contributed by atoms with E-state index in [0.717, 1.165) is 21.1 Å². The summed E-state index contributed by atoms with van der Waals surface area (Å²) in [5, 5.41) is 3.97. The highest BCUT2D eigenvalue weighted by Crippen LogP contribution is 2.18. The second-order valence-corrected chi connectivity index (χ2v) is 5.35. The smallest absolute Gasteiger partial charge is 0.240 e. The van der Waals surface area contributed by atoms with Gasteiger partial charge < -0.3 is 9.88 Å². The number of nitrogens with zero attached hydrogens (tertiary/aromatic N) is 1. The van der Waals surface area contributed by atoms with E-state index in [9.17, 15) is 4.79 Å². The molecule has 0 unspecified atom stereocenters. The molecule has 94 valence electrons. The van der Waals surface area contributed by atoms with E-state index in [-0.39, 0.29) is 5.91 Å². The van der Waals surface area contributed by atoms with Crippen molar-refractivity contribution in [1.82, 2.24) is 9.88 Å². The highest BCUT2D eigenvalue weighted by atomic mass is 79.9. The Labute approximate surface area is 115 Å². The Morgan fingerprint density at radius 1 is 1.44 bits per heavy atom. The van der Waals surface area contributed by atoms with Crippen molar-refractivity contribution in [3.8, 4) is 0 Å². The predicted molar refractivity (Wildman–Crippen MR) is 77.8 cm³/mol. The van der Waals surface area contributed by atoms with Crippen molar-refractivity contribution in [3.05, 3.63) is 47.1 Å². The fourth-order valence-electron chi connectivity index (χ4n) is 1.95. The number of aryl methyl sites for hydroxylation is 1. The van der Waals surface area contributed by atoms with Crippen molar-refractivity contribution in [2.45, 2.75) is 13.5 Å². The molecular formula is C14H15BrN2O. The number of rotatable bonds is 4. The van der Waals surface area contributed by atoms with Crippen molar-refractivity contribution in [3.63, 3.8) is 0 Å². The van der Waals surface area contributed by atoms with E-state index in [1.165, 1.54) is 0 Å². The van der Waals surface area contributed by atoms with Gasteiger partial charge in [0.2, 0.25) is 5.91 Å². The first-order valence-corrected chi connectivity index (χ1v) is 6.52. The summed E-state index contributed by atoms with van der Waals surface area (Å²) in [6.45, 7) is 6.49. The van der Waals surface area contributed by atoms with E-state index in [2.05, 4.69) is 40.0 Å². The second-order valence-electron chi connectivity index (χ2n) is 4.22. The first-order valence-electron chi connectivity index (χ1n) is 5.73. The maximum Gasteiger partial charge on any atom is 0.240 e. The number of carbonyl (C=O) groups is 1. The Morgan fingerprint density at radius 2 is 2.17 bits per heavy atom. The van der Waals surface area contributed by atoms with E-state index >= 15 is 0 Å². The van der Waals surface area contributed by atoms with Crippen LogP contribution in [-0.2, 0) is 11.3 Å². The van der Waals surface area contributed by atoms with Gasteiger partial charge in [0.1, 0.15) is 6.54 Å². The van der Waals surface area contributed by atoms with Gasteiger partial charge >= 0.3 is 0 Å². The molecule has 0 saturated heterocycles. The summed E-state index contributed by atoms with van der Waals surface area (Å²) in [7, 11) is 0. The Balaban J connectivity index is 2.18. The minimum atomic E-state index is -0.0138. The predicted octanol–water partition coefficient (Wildman–Crippen LogP) is 2.97. The second kappa shape index (κ2) is 5.40. The van der Waals surface area contributed by atoms with E-state index in [1.807, 2.05) is 29.7 Å². The van der Waals surface area contributed by atoms with E-state index in [0.29, 0.717) is 13.1 Å². The first-order chi connectivity index (χ1) is 8.58. The lowest BCUT2D eigenvalue weighted by molar-refractivity contribution is -0.121. The average Bonchev–Trinajstić information content (AvgIpc) is 2.64. The fraction of sp³-hybridized carbons (Fsp3) is 0.214. The van der Waals surface area contributed by atoms with Crippen LogP contribution >= 0.6 is 15.9 Å². The lowest BCUT2D eigenvalue weighted by Gasteiger charge is -2.08. The number of benzene rings is 1. The van der Waals surface area contributed by atoms with Crippen LogP contribution in [0.3, 0.4) is 0 Å². The van der Waals surface area contributed by atoms with Gasteiger partial charge in [0.25, 0.3) is 0 Å². The van der Waals surface area contributed by atoms with E-state index in [4.69, 9.17) is 0 Å². The molecule has 0 aliphatic rings. The molecule has 0 radical (unpaired) electrons. The van der Waals surface area contributed by atoms with Crippen LogP contribution in [-0.4, -0.2) is 17.0 Å². The van der Waals surface area contributed by atoms with Gasteiger partial charge in [0, 0.05) is 22.2 Å². The molecule has 1 aromatic carbocycles. The molecule has 0 spiro atoms. The molecule has 18 heavy (non-hydrogen) atoms. The molecule has 0 atom stereocenters. The Morgan fingerprint density at radius 3 is 2.89 bits per heavy atom. The van der Waals surface area contributed by atoms with Crippen molar-refractivity contribution in [1.29, 1.82) is 0 Å². The molecule has 1 heterocycles. The Hall–Kier alpha value is -1.55. The zero-order chi connectivity index (χ0) is 13.1. The topological polar surface area (TPSA) is 34.0 Å². The third kappa shape index (κ3) is 2.82. The summed E-state index contributed by atoms with van der Waals surface area (Å²) in [5.74, 6) is -0.0138. The van der Waals surface area contributed by atoms with Crippen LogP contribution < -0.4 is 5.32 Å². The van der Waals surface area contributed by atoms with Gasteiger partial charge in [0.15, 0.2) is 0 Å². The average molecular weight is 307 g/mol. The van der Waals surface area contributed by atoms with Crippen LogP contribution in [0.4, 0.5) is 0 Å². The SMILES string of the molecule is C=C(Br)CNC(=O)Cn1c(C)cc2ccccc21. The van der Waals surface area contributed by atoms with E-state index < -0.39 is 0 Å². The Bertz CT molecular complexity index is 601. The summed E-state index contributed by atoms with van der Waals surface area (Å²) in [4.78, 5) is 11.8. The summed E-state index contributed by atoms with van der Waals surface area (Å²) in [5.41, 5.74) is 2.17. The van der Waals surface area contributed by atoms with Crippen LogP contribution in [0, 0.1) is 6.92 Å². The zero-order valence-corrected chi connectivity index (χ0v) is 11.8. The molecule has 0 aliphatic heterocycles. The normalized spacial score (nSPS) is 10.6. The third-order valence-electron chi connectivity index (χ3n) is 2.80. The van der Waals surface area contributed by atoms with Crippen LogP contribution in [0.1, 0.15) is 5.69 Å². The van der Waals surface area contributed by atoms with Gasteiger partial charge in [-0.1, -0.05) is 40.7 Å². The minimum Gasteiger partial charge on any atom is -0.350 e.